The van der Waals surface area contributed by atoms with Crippen molar-refractivity contribution in [3.63, 3.8) is 0 Å². The minimum absolute atomic E-state index is 0.0841. The molecule has 0 saturated heterocycles. The quantitative estimate of drug-likeness (QED) is 0.407. The van der Waals surface area contributed by atoms with Crippen molar-refractivity contribution < 1.29 is 14.3 Å². The molecule has 7 heteroatoms. The Hall–Kier alpha value is -3.42. The normalized spacial score (nSPS) is 13.6. The van der Waals surface area contributed by atoms with Crippen molar-refractivity contribution in [1.29, 1.82) is 0 Å². The maximum atomic E-state index is 13.4. The van der Waals surface area contributed by atoms with Crippen LogP contribution in [0.15, 0.2) is 42.5 Å². The van der Waals surface area contributed by atoms with Crippen LogP contribution in [0.5, 0.6) is 11.5 Å². The van der Waals surface area contributed by atoms with E-state index in [1.807, 2.05) is 49.4 Å². The number of rotatable bonds is 5. The Morgan fingerprint density at radius 1 is 1.12 bits per heavy atom. The topological polar surface area (TPSA) is 77.7 Å². The predicted octanol–water partition coefficient (Wildman–Crippen LogP) is 5.09. The lowest BCUT2D eigenvalue weighted by atomic mass is 9.91. The molecule has 3 heterocycles. The summed E-state index contributed by atoms with van der Waals surface area (Å²) >= 11 is 1.37. The van der Waals surface area contributed by atoms with Crippen LogP contribution in [0.4, 0.5) is 5.69 Å². The monoisotopic (exact) mass is 473 g/mol. The maximum Gasteiger partial charge on any atom is 0.205 e. The fourth-order valence-electron chi connectivity index (χ4n) is 4.57. The number of nitrogen functional groups attached to an aromatic ring is 1. The highest BCUT2D eigenvalue weighted by atomic mass is 32.1. The summed E-state index contributed by atoms with van der Waals surface area (Å²) in [5.41, 5.74) is 12.9. The van der Waals surface area contributed by atoms with Crippen molar-refractivity contribution in [3.8, 4) is 22.6 Å². The summed E-state index contributed by atoms with van der Waals surface area (Å²) in [4.78, 5) is 22.0. The number of benzene rings is 2. The fraction of sp³-hybridized carbons (Fsp3) is 0.259. The van der Waals surface area contributed by atoms with Gasteiger partial charge in [-0.2, -0.15) is 0 Å². The summed E-state index contributed by atoms with van der Waals surface area (Å²) in [6.07, 6.45) is 0.833. The van der Waals surface area contributed by atoms with E-state index in [9.17, 15) is 4.79 Å². The Morgan fingerprint density at radius 2 is 1.88 bits per heavy atom. The van der Waals surface area contributed by atoms with Crippen LogP contribution in [0.2, 0.25) is 0 Å². The molecule has 0 fully saturated rings. The lowest BCUT2D eigenvalue weighted by Gasteiger charge is -2.27. The second kappa shape index (κ2) is 8.74. The van der Waals surface area contributed by atoms with Gasteiger partial charge in [-0.3, -0.25) is 4.79 Å². The van der Waals surface area contributed by atoms with Gasteiger partial charge in [-0.1, -0.05) is 29.8 Å². The number of hydrogen-bond donors (Lipinski definition) is 1. The molecule has 0 atom stereocenters. The van der Waals surface area contributed by atoms with Crippen LogP contribution < -0.4 is 15.2 Å². The number of nitrogens with zero attached hydrogens (tertiary/aromatic N) is 2. The number of aromatic nitrogens is 1. The zero-order valence-electron chi connectivity index (χ0n) is 19.8. The van der Waals surface area contributed by atoms with Crippen molar-refractivity contribution in [2.45, 2.75) is 19.9 Å². The molecule has 5 rings (SSSR count). The van der Waals surface area contributed by atoms with Crippen molar-refractivity contribution in [2.75, 3.05) is 33.5 Å². The first kappa shape index (κ1) is 22.4. The molecule has 6 nitrogen and oxygen atoms in total. The Kier molecular flexibility index (Phi) is 5.75. The summed E-state index contributed by atoms with van der Waals surface area (Å²) in [6, 6.07) is 13.3. The molecule has 4 aromatic rings. The number of anilines is 1. The van der Waals surface area contributed by atoms with Crippen molar-refractivity contribution in [3.05, 3.63) is 69.7 Å². The van der Waals surface area contributed by atoms with Gasteiger partial charge in [-0.05, 0) is 37.7 Å². The molecule has 174 valence electrons. The molecule has 0 bridgehead atoms. The summed E-state index contributed by atoms with van der Waals surface area (Å²) in [7, 11) is 5.41. The Balaban J connectivity index is 1.81. The average Bonchev–Trinajstić information content (AvgIpc) is 3.18. The summed E-state index contributed by atoms with van der Waals surface area (Å²) in [5.74, 6) is 1.36. The molecule has 0 aliphatic carbocycles. The first-order valence-corrected chi connectivity index (χ1v) is 12.0. The molecule has 1 aliphatic rings. The van der Waals surface area contributed by atoms with E-state index < -0.39 is 0 Å². The van der Waals surface area contributed by atoms with Gasteiger partial charge in [0, 0.05) is 47.3 Å². The number of aryl methyl sites for hydroxylation is 1. The molecule has 0 amide bonds. The van der Waals surface area contributed by atoms with Crippen molar-refractivity contribution in [2.24, 2.45) is 0 Å². The third-order valence-corrected chi connectivity index (χ3v) is 7.52. The number of hydrogen-bond acceptors (Lipinski definition) is 7. The van der Waals surface area contributed by atoms with Gasteiger partial charge >= 0.3 is 0 Å². The van der Waals surface area contributed by atoms with Crippen molar-refractivity contribution in [1.82, 2.24) is 9.88 Å². The number of ketones is 1. The molecular formula is C27H27N3O3S. The number of fused-ring (bicyclic) bond motifs is 2. The second-order valence-corrected chi connectivity index (χ2v) is 9.69. The lowest BCUT2D eigenvalue weighted by molar-refractivity contribution is 0.104. The van der Waals surface area contributed by atoms with E-state index in [0.717, 1.165) is 69.2 Å². The number of pyridine rings is 1. The standard InChI is InChI=1S/C27H27N3O3S/c1-15-5-7-16(8-6-15)25(31)26-24(28)23-22(18-13-17(32-3)9-10-21(18)33-4)19-14-30(2)12-11-20(19)29-27(23)34-26/h5-10,13H,11-12,14,28H2,1-4H3. The van der Waals surface area contributed by atoms with E-state index in [1.54, 1.807) is 14.2 Å². The van der Waals surface area contributed by atoms with Gasteiger partial charge in [0.1, 0.15) is 21.2 Å². The van der Waals surface area contributed by atoms with Crippen LogP contribution in [0.1, 0.15) is 32.1 Å². The van der Waals surface area contributed by atoms with Crippen LogP contribution in [0.25, 0.3) is 21.3 Å². The second-order valence-electron chi connectivity index (χ2n) is 8.69. The minimum atomic E-state index is -0.0841. The number of likely N-dealkylation sites (N-methyl/N-ethyl adjacent to an activating group) is 1. The number of carbonyl (C=O) groups excluding carboxylic acids is 1. The highest BCUT2D eigenvalue weighted by Crippen LogP contribution is 2.47. The van der Waals surface area contributed by atoms with E-state index in [0.29, 0.717) is 16.1 Å². The first-order chi connectivity index (χ1) is 16.4. The van der Waals surface area contributed by atoms with Crippen molar-refractivity contribution >= 4 is 33.0 Å². The van der Waals surface area contributed by atoms with Crippen LogP contribution in [0, 0.1) is 6.92 Å². The summed E-state index contributed by atoms with van der Waals surface area (Å²) < 4.78 is 11.3. The molecule has 0 unspecified atom stereocenters. The van der Waals surface area contributed by atoms with Crippen LogP contribution >= 0.6 is 11.3 Å². The minimum Gasteiger partial charge on any atom is -0.497 e. The van der Waals surface area contributed by atoms with Gasteiger partial charge in [-0.25, -0.2) is 4.98 Å². The van der Waals surface area contributed by atoms with Gasteiger partial charge in [-0.15, -0.1) is 11.3 Å². The lowest BCUT2D eigenvalue weighted by Crippen LogP contribution is -2.28. The van der Waals surface area contributed by atoms with Gasteiger partial charge in [0.2, 0.25) is 5.78 Å². The molecule has 0 radical (unpaired) electrons. The zero-order chi connectivity index (χ0) is 24.0. The molecule has 1 aliphatic heterocycles. The fourth-order valence-corrected chi connectivity index (χ4v) is 5.66. The highest BCUT2D eigenvalue weighted by molar-refractivity contribution is 7.21. The van der Waals surface area contributed by atoms with Crippen LogP contribution in [-0.4, -0.2) is 43.5 Å². The summed E-state index contributed by atoms with van der Waals surface area (Å²) in [5, 5.41) is 0.807. The third-order valence-electron chi connectivity index (χ3n) is 6.42. The molecule has 34 heavy (non-hydrogen) atoms. The molecule has 2 N–H and O–H groups in total. The summed E-state index contributed by atoms with van der Waals surface area (Å²) in [6.45, 7) is 3.67. The van der Waals surface area contributed by atoms with Gasteiger partial charge in [0.15, 0.2) is 0 Å². The predicted molar refractivity (Wildman–Crippen MR) is 137 cm³/mol. The zero-order valence-corrected chi connectivity index (χ0v) is 20.6. The van der Waals surface area contributed by atoms with E-state index in [2.05, 4.69) is 11.9 Å². The first-order valence-electron chi connectivity index (χ1n) is 11.2. The number of ether oxygens (including phenoxy) is 2. The van der Waals surface area contributed by atoms with E-state index in [1.165, 1.54) is 11.3 Å². The Bertz CT molecular complexity index is 1410. The Morgan fingerprint density at radius 3 is 2.59 bits per heavy atom. The van der Waals surface area contributed by atoms with E-state index in [4.69, 9.17) is 20.2 Å². The molecule has 2 aromatic carbocycles. The average molecular weight is 474 g/mol. The highest BCUT2D eigenvalue weighted by Gasteiger charge is 2.28. The largest absolute Gasteiger partial charge is 0.497 e. The number of nitrogens with two attached hydrogens (primary N) is 1. The van der Waals surface area contributed by atoms with Gasteiger partial charge in [0.25, 0.3) is 0 Å². The van der Waals surface area contributed by atoms with Gasteiger partial charge < -0.3 is 20.1 Å². The SMILES string of the molecule is COc1ccc(OC)c(-c2c3c(nc4sc(C(=O)c5ccc(C)cc5)c(N)c24)CCN(C)C3)c1. The molecule has 0 saturated carbocycles. The molecule has 2 aromatic heterocycles. The number of thiophene rings is 1. The third kappa shape index (κ3) is 3.71. The van der Waals surface area contributed by atoms with Crippen LogP contribution in [0.3, 0.4) is 0 Å². The molecular weight excluding hydrogens is 446 g/mol. The van der Waals surface area contributed by atoms with E-state index in [-0.39, 0.29) is 5.78 Å². The van der Waals surface area contributed by atoms with Gasteiger partial charge in [0.05, 0.1) is 19.9 Å². The number of carbonyl (C=O) groups is 1. The van der Waals surface area contributed by atoms with Crippen LogP contribution in [-0.2, 0) is 13.0 Å². The molecule has 0 spiro atoms. The Labute approximate surface area is 202 Å². The van der Waals surface area contributed by atoms with E-state index >= 15 is 0 Å². The maximum absolute atomic E-state index is 13.4. The smallest absolute Gasteiger partial charge is 0.205 e. The number of methoxy groups -OCH3 is 2.